The number of carbonyl (C=O) groups is 2. The normalized spacial score (nSPS) is 26.4. The number of nitrogens with zero attached hydrogens (tertiary/aromatic N) is 2. The molecule has 0 aromatic carbocycles. The van der Waals surface area contributed by atoms with Crippen LogP contribution in [0.25, 0.3) is 0 Å². The number of quaternary nitrogens is 1. The smallest absolute Gasteiger partial charge is 0.231 e. The molecule has 1 unspecified atom stereocenters. The Hall–Kier alpha value is -0.580. The third-order valence-corrected chi connectivity index (χ3v) is 6.28. The first kappa shape index (κ1) is 19.7. The van der Waals surface area contributed by atoms with Crippen molar-refractivity contribution >= 4 is 47.6 Å². The number of fused-ring (bicyclic) bond motifs is 1. The molecule has 3 rings (SSSR count). The molecule has 3 aliphatic rings. The average molecular weight is 466 g/mol. The summed E-state index contributed by atoms with van der Waals surface area (Å²) in [5, 5.41) is 21.4. The van der Waals surface area contributed by atoms with Gasteiger partial charge in [0.05, 0.1) is 50.2 Å². The molecular formula is C16H23IN2O4S. The molecule has 6 nitrogen and oxygen atoms in total. The highest BCUT2D eigenvalue weighted by molar-refractivity contribution is 14.0. The molecule has 24 heavy (non-hydrogen) atoms. The second kappa shape index (κ2) is 7.35. The van der Waals surface area contributed by atoms with Crippen LogP contribution in [0.1, 0.15) is 26.2 Å². The van der Waals surface area contributed by atoms with Gasteiger partial charge in [-0.05, 0) is 6.92 Å². The number of carbonyl (C=O) groups excluding carboxylic acids is 2. The number of halogens is 1. The maximum atomic E-state index is 11.9. The largest absolute Gasteiger partial charge is 0.543 e. The van der Waals surface area contributed by atoms with Gasteiger partial charge in [-0.3, -0.25) is 14.2 Å². The van der Waals surface area contributed by atoms with Crippen molar-refractivity contribution in [3.05, 3.63) is 22.5 Å². The summed E-state index contributed by atoms with van der Waals surface area (Å²) in [4.78, 5) is 25.0. The molecule has 3 aliphatic heterocycles. The Kier molecular flexibility index (Phi) is 6.04. The number of aliphatic hydroxyl groups is 1. The number of likely N-dealkylation sites (N-methyl/N-ethyl adjacent to an activating group) is 1. The molecule has 0 saturated carbocycles. The second-order valence-electron chi connectivity index (χ2n) is 6.69. The quantitative estimate of drug-likeness (QED) is 0.369. The lowest BCUT2D eigenvalue weighted by atomic mass is 10.0. The predicted octanol–water partition coefficient (Wildman–Crippen LogP) is 0.420. The lowest BCUT2D eigenvalue weighted by Gasteiger charge is -2.47. The number of hydrogen-bond donors (Lipinski definition) is 1. The van der Waals surface area contributed by atoms with E-state index in [9.17, 15) is 19.8 Å². The van der Waals surface area contributed by atoms with Gasteiger partial charge < -0.3 is 15.0 Å². The van der Waals surface area contributed by atoms with Crippen LogP contribution in [-0.2, 0) is 9.59 Å². The highest BCUT2D eigenvalue weighted by atomic mass is 127. The van der Waals surface area contributed by atoms with Gasteiger partial charge in [-0.15, -0.1) is 35.7 Å². The Morgan fingerprint density at radius 2 is 2.04 bits per heavy atom. The minimum absolute atomic E-state index is 0. The van der Waals surface area contributed by atoms with Gasteiger partial charge in [-0.1, -0.05) is 0 Å². The first-order chi connectivity index (χ1) is 10.9. The van der Waals surface area contributed by atoms with Crippen molar-refractivity contribution in [1.82, 2.24) is 4.90 Å². The fourth-order valence-electron chi connectivity index (χ4n) is 3.96. The number of aliphatic hydroxyl groups excluding tert-OH is 1. The van der Waals surface area contributed by atoms with E-state index in [1.54, 1.807) is 11.8 Å². The summed E-state index contributed by atoms with van der Waals surface area (Å²) in [5.74, 6) is -0.922. The predicted molar refractivity (Wildman–Crippen MR) is 100 cm³/mol. The van der Waals surface area contributed by atoms with Crippen LogP contribution in [0, 0.1) is 0 Å². The summed E-state index contributed by atoms with van der Waals surface area (Å²) in [5.41, 5.74) is 2.30. The molecule has 3 heterocycles. The molecular weight excluding hydrogens is 443 g/mol. The number of amides is 1. The van der Waals surface area contributed by atoms with Gasteiger partial charge in [0.1, 0.15) is 5.70 Å². The van der Waals surface area contributed by atoms with Crippen LogP contribution < -0.4 is 5.11 Å². The molecule has 2 saturated heterocycles. The van der Waals surface area contributed by atoms with Crippen molar-refractivity contribution in [2.24, 2.45) is 0 Å². The number of thioether (sulfide) groups is 1. The van der Waals surface area contributed by atoms with E-state index in [-0.39, 0.29) is 47.6 Å². The number of carboxylic acids is 1. The Morgan fingerprint density at radius 1 is 1.42 bits per heavy atom. The Morgan fingerprint density at radius 3 is 2.54 bits per heavy atom. The van der Waals surface area contributed by atoms with Gasteiger partial charge in [0.2, 0.25) is 5.91 Å². The molecule has 2 fully saturated rings. The molecule has 8 heteroatoms. The third kappa shape index (κ3) is 3.13. The Bertz CT molecular complexity index is 626. The Balaban J connectivity index is 0.00000208. The highest BCUT2D eigenvalue weighted by Crippen LogP contribution is 2.44. The van der Waals surface area contributed by atoms with Gasteiger partial charge in [0, 0.05) is 29.7 Å². The molecule has 134 valence electrons. The monoisotopic (exact) mass is 466 g/mol. The molecule has 0 spiro atoms. The zero-order valence-corrected chi connectivity index (χ0v) is 17.1. The van der Waals surface area contributed by atoms with E-state index in [1.165, 1.54) is 4.90 Å². The van der Waals surface area contributed by atoms with E-state index in [0.717, 1.165) is 37.2 Å². The van der Waals surface area contributed by atoms with Crippen LogP contribution in [0.15, 0.2) is 22.5 Å². The molecule has 1 N–H and O–H groups in total. The molecule has 0 aliphatic carbocycles. The van der Waals surface area contributed by atoms with Crippen molar-refractivity contribution in [2.75, 3.05) is 32.5 Å². The minimum Gasteiger partial charge on any atom is -0.543 e. The van der Waals surface area contributed by atoms with E-state index in [2.05, 4.69) is 7.05 Å². The second-order valence-corrected chi connectivity index (χ2v) is 7.85. The molecule has 0 bridgehead atoms. The topological polar surface area (TPSA) is 80.7 Å². The highest BCUT2D eigenvalue weighted by Gasteiger charge is 2.47. The lowest BCUT2D eigenvalue weighted by molar-refractivity contribution is -0.858. The summed E-state index contributed by atoms with van der Waals surface area (Å²) in [6.45, 7) is 3.55. The van der Waals surface area contributed by atoms with Crippen molar-refractivity contribution in [1.29, 1.82) is 0 Å². The summed E-state index contributed by atoms with van der Waals surface area (Å²) in [6, 6.07) is 0. The number of carboxylic acid groups (broad SMARTS) is 1. The molecule has 1 amide bonds. The lowest BCUT2D eigenvalue weighted by Crippen LogP contribution is -2.57. The molecule has 1 atom stereocenters. The van der Waals surface area contributed by atoms with Gasteiger partial charge in [0.15, 0.2) is 0 Å². The summed E-state index contributed by atoms with van der Waals surface area (Å²) in [7, 11) is 2.08. The number of likely N-dealkylation sites (tertiary alicyclic amines) is 1. The summed E-state index contributed by atoms with van der Waals surface area (Å²) in [6.07, 6.45) is 2.54. The van der Waals surface area contributed by atoms with Gasteiger partial charge in [0.25, 0.3) is 0 Å². The first-order valence-electron chi connectivity index (χ1n) is 7.93. The van der Waals surface area contributed by atoms with Crippen LogP contribution in [0.3, 0.4) is 0 Å². The number of β-lactam (4-membered cyclic amide) rings is 1. The van der Waals surface area contributed by atoms with Crippen LogP contribution in [0.4, 0.5) is 0 Å². The van der Waals surface area contributed by atoms with Gasteiger partial charge >= 0.3 is 0 Å². The maximum Gasteiger partial charge on any atom is 0.231 e. The number of aliphatic carboxylic acids is 1. The van der Waals surface area contributed by atoms with Crippen LogP contribution >= 0.6 is 35.7 Å². The number of rotatable bonds is 4. The van der Waals surface area contributed by atoms with Gasteiger partial charge in [-0.2, -0.15) is 0 Å². The summed E-state index contributed by atoms with van der Waals surface area (Å²) < 4.78 is 0.617. The van der Waals surface area contributed by atoms with Crippen molar-refractivity contribution in [3.8, 4) is 0 Å². The number of hydrogen-bond acceptors (Lipinski definition) is 5. The fraction of sp³-hybridized carbons (Fsp3) is 0.625. The minimum atomic E-state index is -1.30. The first-order valence-corrected chi connectivity index (χ1v) is 8.98. The molecule has 0 aromatic rings. The zero-order valence-electron chi connectivity index (χ0n) is 13.9. The van der Waals surface area contributed by atoms with Crippen molar-refractivity contribution in [2.45, 2.75) is 31.6 Å². The van der Waals surface area contributed by atoms with E-state index in [0.29, 0.717) is 22.2 Å². The van der Waals surface area contributed by atoms with Crippen LogP contribution in [0.5, 0.6) is 0 Å². The van der Waals surface area contributed by atoms with Crippen LogP contribution in [0.2, 0.25) is 0 Å². The van der Waals surface area contributed by atoms with E-state index >= 15 is 0 Å². The van der Waals surface area contributed by atoms with Crippen LogP contribution in [-0.4, -0.2) is 64.2 Å². The third-order valence-electron chi connectivity index (χ3n) is 5.07. The fourth-order valence-corrected chi connectivity index (χ4v) is 5.23. The van der Waals surface area contributed by atoms with Crippen molar-refractivity contribution < 1.29 is 24.3 Å². The SMILES string of the molecule is C/C(CO)=C(\C1=C(C(=O)[O-])N2C(=O)CC2SC1)[N+]1(C)CCCC1.I. The molecule has 0 aromatic heterocycles. The van der Waals surface area contributed by atoms with E-state index < -0.39 is 5.97 Å². The standard InChI is InChI=1S/C16H22N2O4S.HI/c1-10(8-19)15(18(2)5-3-4-6-18)11-9-23-13-7-12(20)17(13)14(11)16(21)22;/h13,19H,3-9H2,1-2H3;1H/b15-10-;. The Labute approximate surface area is 163 Å². The summed E-state index contributed by atoms with van der Waals surface area (Å²) >= 11 is 1.59. The zero-order chi connectivity index (χ0) is 16.8. The molecule has 0 radical (unpaired) electrons. The number of allylic oxidation sites excluding steroid dienone is 1. The van der Waals surface area contributed by atoms with Gasteiger partial charge in [-0.25, -0.2) is 0 Å². The van der Waals surface area contributed by atoms with E-state index in [1.807, 2.05) is 6.92 Å². The van der Waals surface area contributed by atoms with E-state index in [4.69, 9.17) is 0 Å². The average Bonchev–Trinajstić information content (AvgIpc) is 2.93. The van der Waals surface area contributed by atoms with Crippen molar-refractivity contribution in [3.63, 3.8) is 0 Å². The maximum absolute atomic E-state index is 11.9.